The summed E-state index contributed by atoms with van der Waals surface area (Å²) in [7, 11) is 0. The van der Waals surface area contributed by atoms with E-state index in [1.54, 1.807) is 6.20 Å². The molecule has 3 aromatic rings. The van der Waals surface area contributed by atoms with Gasteiger partial charge in [-0.25, -0.2) is 4.98 Å². The minimum Gasteiger partial charge on any atom is -0.382 e. The van der Waals surface area contributed by atoms with Crippen LogP contribution >= 0.6 is 11.3 Å². The Labute approximate surface area is 156 Å². The van der Waals surface area contributed by atoms with Gasteiger partial charge in [-0.15, -0.1) is 21.2 Å². The van der Waals surface area contributed by atoms with Gasteiger partial charge in [0.25, 0.3) is 0 Å². The van der Waals surface area contributed by atoms with Crippen LogP contribution in [-0.2, 0) is 4.79 Å². The zero-order valence-corrected chi connectivity index (χ0v) is 15.5. The molecule has 0 unspecified atom stereocenters. The summed E-state index contributed by atoms with van der Waals surface area (Å²) in [5.41, 5.74) is 7.08. The molecule has 1 saturated carbocycles. The number of aromatic nitrogens is 3. The Kier molecular flexibility index (Phi) is 4.88. The average molecular weight is 369 g/mol. The third-order valence-electron chi connectivity index (χ3n) is 5.12. The van der Waals surface area contributed by atoms with Gasteiger partial charge in [0, 0.05) is 23.4 Å². The standard InChI is InChI=1S/C19H23N5OS/c20-18-15-8-4-5-9-16(15)22-24(18)23(19-21-12-13-26-19)17(25)11-10-14-6-2-1-3-7-14/h4-5,8-9,12-14H,1-3,6-7,10-11,20H2. The maximum absolute atomic E-state index is 13.1. The summed E-state index contributed by atoms with van der Waals surface area (Å²) in [4.78, 5) is 18.9. The molecule has 0 bridgehead atoms. The van der Waals surface area contributed by atoms with Gasteiger partial charge in [-0.2, -0.15) is 5.01 Å². The first-order valence-corrected chi connectivity index (χ1v) is 10.1. The van der Waals surface area contributed by atoms with E-state index >= 15 is 0 Å². The summed E-state index contributed by atoms with van der Waals surface area (Å²) in [5, 5.41) is 9.37. The molecule has 0 aliphatic heterocycles. The summed E-state index contributed by atoms with van der Waals surface area (Å²) in [5.74, 6) is 1.10. The van der Waals surface area contributed by atoms with Crippen LogP contribution in [0.5, 0.6) is 0 Å². The highest BCUT2D eigenvalue weighted by Gasteiger charge is 2.25. The van der Waals surface area contributed by atoms with E-state index in [4.69, 9.17) is 5.73 Å². The summed E-state index contributed by atoms with van der Waals surface area (Å²) in [6.45, 7) is 0. The van der Waals surface area contributed by atoms with Gasteiger partial charge in [-0.05, 0) is 24.5 Å². The molecule has 1 fully saturated rings. The number of fused-ring (bicyclic) bond motifs is 1. The van der Waals surface area contributed by atoms with Gasteiger partial charge in [0.15, 0.2) is 5.82 Å². The van der Waals surface area contributed by atoms with Crippen LogP contribution < -0.4 is 10.7 Å². The van der Waals surface area contributed by atoms with Crippen molar-refractivity contribution in [2.75, 3.05) is 10.7 Å². The molecule has 1 aliphatic carbocycles. The molecule has 6 nitrogen and oxygen atoms in total. The normalized spacial score (nSPS) is 15.4. The highest BCUT2D eigenvalue weighted by atomic mass is 32.1. The number of nitrogen functional groups attached to an aromatic ring is 1. The molecule has 4 rings (SSSR count). The number of benzene rings is 1. The number of hydrogen-bond donors (Lipinski definition) is 1. The van der Waals surface area contributed by atoms with Gasteiger partial charge >= 0.3 is 0 Å². The van der Waals surface area contributed by atoms with Crippen LogP contribution in [-0.4, -0.2) is 20.8 Å². The van der Waals surface area contributed by atoms with E-state index in [0.717, 1.165) is 17.3 Å². The molecular formula is C19H23N5OS. The zero-order chi connectivity index (χ0) is 17.9. The number of amides is 1. The third-order valence-corrected chi connectivity index (χ3v) is 5.86. The summed E-state index contributed by atoms with van der Waals surface area (Å²) < 4.78 is 0. The number of thiazole rings is 1. The van der Waals surface area contributed by atoms with Crippen molar-refractivity contribution < 1.29 is 4.79 Å². The second kappa shape index (κ2) is 7.45. The van der Waals surface area contributed by atoms with Gasteiger partial charge in [-0.1, -0.05) is 44.2 Å². The molecule has 136 valence electrons. The Morgan fingerprint density at radius 3 is 2.81 bits per heavy atom. The fourth-order valence-corrected chi connectivity index (χ4v) is 4.36. The molecule has 26 heavy (non-hydrogen) atoms. The van der Waals surface area contributed by atoms with Crippen LogP contribution in [0.4, 0.5) is 10.9 Å². The lowest BCUT2D eigenvalue weighted by Gasteiger charge is -2.24. The Hall–Kier alpha value is -2.41. The molecule has 2 heterocycles. The average Bonchev–Trinajstić information content (AvgIpc) is 3.31. The topological polar surface area (TPSA) is 77.0 Å². The molecule has 2 aromatic heterocycles. The molecule has 0 radical (unpaired) electrons. The van der Waals surface area contributed by atoms with Crippen molar-refractivity contribution >= 4 is 39.1 Å². The highest BCUT2D eigenvalue weighted by Crippen LogP contribution is 2.30. The first-order chi connectivity index (χ1) is 12.7. The van der Waals surface area contributed by atoms with Crippen molar-refractivity contribution in [1.82, 2.24) is 14.9 Å². The SMILES string of the molecule is Nc1c2ccccc2nn1N(C(=O)CCC1CCCCC1)c1nccs1. The van der Waals surface area contributed by atoms with Crippen LogP contribution in [0.3, 0.4) is 0 Å². The molecule has 1 aliphatic rings. The quantitative estimate of drug-likeness (QED) is 0.730. The van der Waals surface area contributed by atoms with E-state index in [0.29, 0.717) is 23.3 Å². The van der Waals surface area contributed by atoms with Crippen molar-refractivity contribution in [2.45, 2.75) is 44.9 Å². The maximum Gasteiger partial charge on any atom is 0.249 e. The monoisotopic (exact) mass is 369 g/mol. The second-order valence-electron chi connectivity index (χ2n) is 6.85. The number of nitrogens with two attached hydrogens (primary N) is 1. The number of carbonyl (C=O) groups excluding carboxylic acids is 1. The zero-order valence-electron chi connectivity index (χ0n) is 14.7. The predicted molar refractivity (Wildman–Crippen MR) is 105 cm³/mol. The lowest BCUT2D eigenvalue weighted by molar-refractivity contribution is -0.119. The lowest BCUT2D eigenvalue weighted by Crippen LogP contribution is -2.37. The number of carbonyl (C=O) groups is 1. The van der Waals surface area contributed by atoms with Crippen LogP contribution in [0.2, 0.25) is 0 Å². The van der Waals surface area contributed by atoms with Crippen LogP contribution in [0, 0.1) is 5.92 Å². The van der Waals surface area contributed by atoms with Crippen molar-refractivity contribution in [3.05, 3.63) is 35.8 Å². The molecule has 0 saturated heterocycles. The van der Waals surface area contributed by atoms with Crippen molar-refractivity contribution in [3.63, 3.8) is 0 Å². The van der Waals surface area contributed by atoms with Crippen molar-refractivity contribution in [1.29, 1.82) is 0 Å². The largest absolute Gasteiger partial charge is 0.382 e. The summed E-state index contributed by atoms with van der Waals surface area (Å²) in [6.07, 6.45) is 9.46. The van der Waals surface area contributed by atoms with Crippen LogP contribution in [0.1, 0.15) is 44.9 Å². The number of anilines is 2. The molecule has 0 spiro atoms. The third kappa shape index (κ3) is 3.31. The Morgan fingerprint density at radius 2 is 2.08 bits per heavy atom. The summed E-state index contributed by atoms with van der Waals surface area (Å²) in [6, 6.07) is 7.65. The molecular weight excluding hydrogens is 346 g/mol. The lowest BCUT2D eigenvalue weighted by atomic mass is 9.86. The Bertz CT molecular complexity index is 883. The predicted octanol–water partition coefficient (Wildman–Crippen LogP) is 4.23. The molecule has 7 heteroatoms. The van der Waals surface area contributed by atoms with Crippen molar-refractivity contribution in [2.24, 2.45) is 5.92 Å². The van der Waals surface area contributed by atoms with E-state index in [1.807, 2.05) is 29.6 Å². The number of hydrogen-bond acceptors (Lipinski definition) is 5. The summed E-state index contributed by atoms with van der Waals surface area (Å²) >= 11 is 1.41. The molecule has 1 amide bonds. The molecule has 2 N–H and O–H groups in total. The number of nitrogens with zero attached hydrogens (tertiary/aromatic N) is 4. The van der Waals surface area contributed by atoms with E-state index in [1.165, 1.54) is 53.2 Å². The fraction of sp³-hybridized carbons (Fsp3) is 0.421. The van der Waals surface area contributed by atoms with Crippen molar-refractivity contribution in [3.8, 4) is 0 Å². The first kappa shape index (κ1) is 17.0. The second-order valence-corrected chi connectivity index (χ2v) is 7.73. The van der Waals surface area contributed by atoms with E-state index < -0.39 is 0 Å². The van der Waals surface area contributed by atoms with E-state index in [-0.39, 0.29) is 5.91 Å². The van der Waals surface area contributed by atoms with Gasteiger partial charge in [0.1, 0.15) is 0 Å². The van der Waals surface area contributed by atoms with Gasteiger partial charge in [0.2, 0.25) is 11.0 Å². The first-order valence-electron chi connectivity index (χ1n) is 9.20. The van der Waals surface area contributed by atoms with Crippen LogP contribution in [0.15, 0.2) is 35.8 Å². The smallest absolute Gasteiger partial charge is 0.249 e. The minimum absolute atomic E-state index is 0.00923. The minimum atomic E-state index is -0.00923. The molecule has 0 atom stereocenters. The van der Waals surface area contributed by atoms with Gasteiger partial charge in [-0.3, -0.25) is 4.79 Å². The number of rotatable bonds is 5. The van der Waals surface area contributed by atoms with Crippen LogP contribution in [0.25, 0.3) is 10.9 Å². The Balaban J connectivity index is 1.61. The maximum atomic E-state index is 13.1. The van der Waals surface area contributed by atoms with Gasteiger partial charge < -0.3 is 5.73 Å². The van der Waals surface area contributed by atoms with E-state index in [9.17, 15) is 4.79 Å². The highest BCUT2D eigenvalue weighted by molar-refractivity contribution is 7.13. The van der Waals surface area contributed by atoms with E-state index in [2.05, 4.69) is 10.1 Å². The Morgan fingerprint density at radius 1 is 1.27 bits per heavy atom. The molecule has 1 aromatic carbocycles. The fourth-order valence-electron chi connectivity index (χ4n) is 3.72. The van der Waals surface area contributed by atoms with Gasteiger partial charge in [0.05, 0.1) is 5.52 Å².